The zero-order chi connectivity index (χ0) is 20.2. The van der Waals surface area contributed by atoms with Crippen molar-refractivity contribution >= 4 is 29.2 Å². The third kappa shape index (κ3) is 4.21. The Morgan fingerprint density at radius 3 is 2.55 bits per heavy atom. The number of carbonyl (C=O) groups is 3. The molecule has 1 aromatic heterocycles. The number of amides is 3. The number of rotatable bonds is 4. The number of hydrogen-bond acceptors (Lipinski definition) is 5. The van der Waals surface area contributed by atoms with Crippen LogP contribution >= 0.6 is 0 Å². The van der Waals surface area contributed by atoms with Crippen LogP contribution < -0.4 is 15.5 Å². The monoisotopic (exact) mass is 393 g/mol. The van der Waals surface area contributed by atoms with Gasteiger partial charge in [-0.05, 0) is 30.7 Å². The van der Waals surface area contributed by atoms with Crippen molar-refractivity contribution in [2.75, 3.05) is 36.4 Å². The van der Waals surface area contributed by atoms with Gasteiger partial charge < -0.3 is 20.4 Å². The van der Waals surface area contributed by atoms with E-state index in [4.69, 9.17) is 0 Å². The van der Waals surface area contributed by atoms with Gasteiger partial charge >= 0.3 is 0 Å². The van der Waals surface area contributed by atoms with Crippen molar-refractivity contribution in [3.8, 4) is 0 Å². The topological polar surface area (TPSA) is 94.6 Å². The highest BCUT2D eigenvalue weighted by molar-refractivity contribution is 6.09. The van der Waals surface area contributed by atoms with Crippen molar-refractivity contribution in [3.05, 3.63) is 54.2 Å². The number of benzene rings is 1. The Labute approximate surface area is 168 Å². The lowest BCUT2D eigenvalue weighted by atomic mass is 10.1. The van der Waals surface area contributed by atoms with E-state index in [9.17, 15) is 14.4 Å². The van der Waals surface area contributed by atoms with Crippen molar-refractivity contribution in [1.82, 2.24) is 15.2 Å². The number of nitrogens with one attached hydrogen (secondary N) is 2. The van der Waals surface area contributed by atoms with Crippen LogP contribution in [0.1, 0.15) is 23.2 Å². The molecule has 0 spiro atoms. The number of carbonyl (C=O) groups excluding carboxylic acids is 3. The second-order valence-electron chi connectivity index (χ2n) is 7.16. The number of fused-ring (bicyclic) bond motifs is 1. The second-order valence-corrected chi connectivity index (χ2v) is 7.16. The molecule has 0 aliphatic carbocycles. The minimum atomic E-state index is -0.728. The summed E-state index contributed by atoms with van der Waals surface area (Å²) in [6, 6.07) is 11.9. The van der Waals surface area contributed by atoms with Crippen molar-refractivity contribution in [1.29, 1.82) is 0 Å². The lowest BCUT2D eigenvalue weighted by Gasteiger charge is -2.35. The van der Waals surface area contributed by atoms with Gasteiger partial charge in [0.1, 0.15) is 11.9 Å². The average Bonchev–Trinajstić information content (AvgIpc) is 2.88. The van der Waals surface area contributed by atoms with E-state index in [1.807, 2.05) is 23.1 Å². The number of para-hydroxylation sites is 1. The minimum absolute atomic E-state index is 0.00511. The molecule has 2 N–H and O–H groups in total. The molecule has 2 aromatic rings. The number of hydrogen-bond donors (Lipinski definition) is 2. The SMILES string of the molecule is O=C1N[C@@H](CCC(=O)N2CCN(c3ccccn3)CC2)C(=O)Nc2ccccc21. The predicted octanol–water partition coefficient (Wildman–Crippen LogP) is 1.26. The fraction of sp³-hybridized carbons (Fsp3) is 0.333. The lowest BCUT2D eigenvalue weighted by molar-refractivity contribution is -0.131. The molecule has 1 aromatic carbocycles. The number of nitrogens with zero attached hydrogens (tertiary/aromatic N) is 3. The molecule has 8 heteroatoms. The highest BCUT2D eigenvalue weighted by Crippen LogP contribution is 2.20. The molecule has 3 amide bonds. The maximum absolute atomic E-state index is 12.6. The van der Waals surface area contributed by atoms with Gasteiger partial charge in [-0.3, -0.25) is 14.4 Å². The van der Waals surface area contributed by atoms with E-state index in [-0.39, 0.29) is 30.6 Å². The summed E-state index contributed by atoms with van der Waals surface area (Å²) in [7, 11) is 0. The molecule has 3 heterocycles. The van der Waals surface area contributed by atoms with Gasteiger partial charge in [0.2, 0.25) is 11.8 Å². The number of aromatic nitrogens is 1. The number of pyridine rings is 1. The van der Waals surface area contributed by atoms with Crippen LogP contribution in [-0.4, -0.2) is 59.8 Å². The summed E-state index contributed by atoms with van der Waals surface area (Å²) in [6.07, 6.45) is 2.24. The summed E-state index contributed by atoms with van der Waals surface area (Å²) in [5.74, 6) is 0.308. The maximum atomic E-state index is 12.6. The van der Waals surface area contributed by atoms with Gasteiger partial charge in [-0.2, -0.15) is 0 Å². The van der Waals surface area contributed by atoms with Crippen LogP contribution in [0.25, 0.3) is 0 Å². The van der Waals surface area contributed by atoms with Crippen molar-refractivity contribution in [2.24, 2.45) is 0 Å². The second kappa shape index (κ2) is 8.30. The van der Waals surface area contributed by atoms with Crippen LogP contribution in [-0.2, 0) is 9.59 Å². The Morgan fingerprint density at radius 1 is 1.03 bits per heavy atom. The smallest absolute Gasteiger partial charge is 0.254 e. The summed E-state index contributed by atoms with van der Waals surface area (Å²) < 4.78 is 0. The minimum Gasteiger partial charge on any atom is -0.353 e. The molecular weight excluding hydrogens is 370 g/mol. The summed E-state index contributed by atoms with van der Waals surface area (Å²) in [6.45, 7) is 2.67. The molecule has 150 valence electrons. The molecule has 1 saturated heterocycles. The summed E-state index contributed by atoms with van der Waals surface area (Å²) >= 11 is 0. The zero-order valence-corrected chi connectivity index (χ0v) is 16.0. The van der Waals surface area contributed by atoms with Gasteiger partial charge in [0.05, 0.1) is 11.3 Å². The lowest BCUT2D eigenvalue weighted by Crippen LogP contribution is -2.49. The first kappa shape index (κ1) is 18.9. The van der Waals surface area contributed by atoms with Crippen molar-refractivity contribution in [2.45, 2.75) is 18.9 Å². The Kier molecular flexibility index (Phi) is 5.41. The zero-order valence-electron chi connectivity index (χ0n) is 16.0. The van der Waals surface area contributed by atoms with E-state index in [0.717, 1.165) is 18.9 Å². The Bertz CT molecular complexity index is 910. The fourth-order valence-corrected chi connectivity index (χ4v) is 3.67. The Balaban J connectivity index is 1.30. The summed E-state index contributed by atoms with van der Waals surface area (Å²) in [5.41, 5.74) is 0.926. The first-order valence-corrected chi connectivity index (χ1v) is 9.76. The first-order chi connectivity index (χ1) is 14.1. The average molecular weight is 393 g/mol. The van der Waals surface area contributed by atoms with E-state index in [1.54, 1.807) is 30.5 Å². The molecule has 2 aliphatic rings. The number of piperazine rings is 1. The normalized spacial score (nSPS) is 19.1. The first-order valence-electron chi connectivity index (χ1n) is 9.76. The van der Waals surface area contributed by atoms with Gasteiger partial charge in [0, 0.05) is 38.8 Å². The highest BCUT2D eigenvalue weighted by Gasteiger charge is 2.29. The molecule has 0 bridgehead atoms. The molecule has 0 saturated carbocycles. The van der Waals surface area contributed by atoms with Crippen LogP contribution in [0.3, 0.4) is 0 Å². The molecule has 1 atom stereocenters. The van der Waals surface area contributed by atoms with Gasteiger partial charge in [-0.25, -0.2) is 4.98 Å². The van der Waals surface area contributed by atoms with Crippen LogP contribution in [0.15, 0.2) is 48.7 Å². The van der Waals surface area contributed by atoms with E-state index < -0.39 is 6.04 Å². The van der Waals surface area contributed by atoms with Gasteiger partial charge in [-0.1, -0.05) is 18.2 Å². The van der Waals surface area contributed by atoms with E-state index in [2.05, 4.69) is 20.5 Å². The van der Waals surface area contributed by atoms with Gasteiger partial charge in [0.15, 0.2) is 0 Å². The van der Waals surface area contributed by atoms with Crippen LogP contribution in [0.5, 0.6) is 0 Å². The number of anilines is 2. The van der Waals surface area contributed by atoms with Crippen molar-refractivity contribution in [3.63, 3.8) is 0 Å². The molecular formula is C21H23N5O3. The van der Waals surface area contributed by atoms with Crippen molar-refractivity contribution < 1.29 is 14.4 Å². The molecule has 4 rings (SSSR count). The molecule has 0 radical (unpaired) electrons. The molecule has 29 heavy (non-hydrogen) atoms. The van der Waals surface area contributed by atoms with Gasteiger partial charge in [-0.15, -0.1) is 0 Å². The van der Waals surface area contributed by atoms with Gasteiger partial charge in [0.25, 0.3) is 5.91 Å². The molecule has 1 fully saturated rings. The summed E-state index contributed by atoms with van der Waals surface area (Å²) in [4.78, 5) is 45.8. The Morgan fingerprint density at radius 2 is 1.79 bits per heavy atom. The fourth-order valence-electron chi connectivity index (χ4n) is 3.67. The summed E-state index contributed by atoms with van der Waals surface area (Å²) in [5, 5.41) is 5.50. The highest BCUT2D eigenvalue weighted by atomic mass is 16.2. The van der Waals surface area contributed by atoms with E-state index in [1.165, 1.54) is 0 Å². The van der Waals surface area contributed by atoms with Crippen LogP contribution in [0.2, 0.25) is 0 Å². The standard InChI is InChI=1S/C21H23N5O3/c27-19(26-13-11-25(12-14-26)18-7-3-4-10-22-18)9-8-17-21(29)23-16-6-2-1-5-15(16)20(28)24-17/h1-7,10,17H,8-9,11-14H2,(H,23,29)(H,24,28)/t17-/m0/s1. The van der Waals surface area contributed by atoms with Crippen LogP contribution in [0.4, 0.5) is 11.5 Å². The Hall–Kier alpha value is -3.42. The largest absolute Gasteiger partial charge is 0.353 e. The van der Waals surface area contributed by atoms with E-state index in [0.29, 0.717) is 24.3 Å². The molecule has 2 aliphatic heterocycles. The predicted molar refractivity (Wildman–Crippen MR) is 109 cm³/mol. The maximum Gasteiger partial charge on any atom is 0.254 e. The third-order valence-electron chi connectivity index (χ3n) is 5.30. The molecule has 0 unspecified atom stereocenters. The van der Waals surface area contributed by atoms with Crippen LogP contribution in [0, 0.1) is 0 Å². The molecule has 8 nitrogen and oxygen atoms in total. The van der Waals surface area contributed by atoms with E-state index >= 15 is 0 Å². The quantitative estimate of drug-likeness (QED) is 0.816. The third-order valence-corrected chi connectivity index (χ3v) is 5.30.